The molecule has 0 aliphatic rings. The molecule has 0 bridgehead atoms. The van der Waals surface area contributed by atoms with E-state index in [9.17, 15) is 4.79 Å². The van der Waals surface area contributed by atoms with Crippen LogP contribution >= 0.6 is 0 Å². The molecule has 0 radical (unpaired) electrons. The fourth-order valence-corrected chi connectivity index (χ4v) is 1.36. The quantitative estimate of drug-likeness (QED) is 0.668. The lowest BCUT2D eigenvalue weighted by Gasteiger charge is -1.97. The number of hydrogen-bond acceptors (Lipinski definition) is 3. The molecule has 1 amide bonds. The number of primary amides is 1. The molecule has 94 valence electrons. The fourth-order valence-electron chi connectivity index (χ4n) is 1.36. The highest BCUT2D eigenvalue weighted by Gasteiger charge is 2.00. The number of anilines is 2. The van der Waals surface area contributed by atoms with Crippen molar-refractivity contribution in [3.05, 3.63) is 59.7 Å². The van der Waals surface area contributed by atoms with Gasteiger partial charge in [-0.05, 0) is 30.7 Å². The molecule has 0 atom stereocenters. The molecular formula is C14H17N3O. The minimum atomic E-state index is -0.363. The maximum atomic E-state index is 10.6. The van der Waals surface area contributed by atoms with Crippen molar-refractivity contribution in [3.63, 3.8) is 0 Å². The topological polar surface area (TPSA) is 95.1 Å². The van der Waals surface area contributed by atoms with Crippen LogP contribution in [0.2, 0.25) is 0 Å². The van der Waals surface area contributed by atoms with Crippen molar-refractivity contribution in [3.8, 4) is 0 Å². The Bertz CT molecular complexity index is 517. The number of para-hydroxylation sites is 2. The Morgan fingerprint density at radius 3 is 1.67 bits per heavy atom. The van der Waals surface area contributed by atoms with Crippen LogP contribution in [0.1, 0.15) is 15.9 Å². The van der Waals surface area contributed by atoms with Crippen molar-refractivity contribution in [1.29, 1.82) is 0 Å². The van der Waals surface area contributed by atoms with Gasteiger partial charge in [0, 0.05) is 5.56 Å². The van der Waals surface area contributed by atoms with Crippen LogP contribution in [-0.2, 0) is 0 Å². The lowest BCUT2D eigenvalue weighted by molar-refractivity contribution is 0.0999. The average molecular weight is 243 g/mol. The second-order valence-electron chi connectivity index (χ2n) is 3.81. The van der Waals surface area contributed by atoms with E-state index in [2.05, 4.69) is 0 Å². The molecule has 4 nitrogen and oxygen atoms in total. The molecule has 18 heavy (non-hydrogen) atoms. The summed E-state index contributed by atoms with van der Waals surface area (Å²) < 4.78 is 0. The van der Waals surface area contributed by atoms with Crippen LogP contribution in [-0.4, -0.2) is 5.91 Å². The Kier molecular flexibility index (Phi) is 4.75. The van der Waals surface area contributed by atoms with Crippen LogP contribution in [0.4, 0.5) is 11.4 Å². The molecule has 0 aliphatic heterocycles. The molecule has 0 heterocycles. The molecule has 4 heteroatoms. The highest BCUT2D eigenvalue weighted by atomic mass is 16.1. The maximum Gasteiger partial charge on any atom is 0.248 e. The Labute approximate surface area is 106 Å². The van der Waals surface area contributed by atoms with Gasteiger partial charge >= 0.3 is 0 Å². The van der Waals surface area contributed by atoms with E-state index < -0.39 is 0 Å². The first kappa shape index (κ1) is 13.6. The predicted molar refractivity (Wildman–Crippen MR) is 75.0 cm³/mol. The summed E-state index contributed by atoms with van der Waals surface area (Å²) in [5.74, 6) is -0.363. The molecule has 0 aromatic heterocycles. The average Bonchev–Trinajstić information content (AvgIpc) is 2.34. The van der Waals surface area contributed by atoms with Crippen LogP contribution in [0.15, 0.2) is 48.5 Å². The highest BCUT2D eigenvalue weighted by Crippen LogP contribution is 2.10. The minimum absolute atomic E-state index is 0.363. The summed E-state index contributed by atoms with van der Waals surface area (Å²) in [7, 11) is 0. The summed E-state index contributed by atoms with van der Waals surface area (Å²) in [6.07, 6.45) is 0. The van der Waals surface area contributed by atoms with Crippen LogP contribution in [0.5, 0.6) is 0 Å². The molecule has 0 aliphatic carbocycles. The first-order valence-corrected chi connectivity index (χ1v) is 5.47. The standard InChI is InChI=1S/C8H9NO.C6H8N2/c1-6-4-2-3-5-7(6)8(9)10;7-5-3-1-2-4-6(5)8/h2-5H,1H3,(H2,9,10);1-4H,7-8H2. The van der Waals surface area contributed by atoms with Gasteiger partial charge in [0.1, 0.15) is 0 Å². The zero-order valence-electron chi connectivity index (χ0n) is 10.3. The largest absolute Gasteiger partial charge is 0.397 e. The molecule has 0 spiro atoms. The van der Waals surface area contributed by atoms with E-state index in [4.69, 9.17) is 17.2 Å². The van der Waals surface area contributed by atoms with E-state index in [-0.39, 0.29) is 5.91 Å². The van der Waals surface area contributed by atoms with Gasteiger partial charge in [-0.1, -0.05) is 30.3 Å². The van der Waals surface area contributed by atoms with Crippen molar-refractivity contribution >= 4 is 17.3 Å². The molecular weight excluding hydrogens is 226 g/mol. The number of amides is 1. The number of benzene rings is 2. The van der Waals surface area contributed by atoms with Gasteiger partial charge in [-0.25, -0.2) is 0 Å². The van der Waals surface area contributed by atoms with E-state index in [1.54, 1.807) is 24.3 Å². The third-order valence-electron chi connectivity index (χ3n) is 2.41. The zero-order chi connectivity index (χ0) is 13.5. The lowest BCUT2D eigenvalue weighted by atomic mass is 10.1. The van der Waals surface area contributed by atoms with Crippen molar-refractivity contribution < 1.29 is 4.79 Å². The number of nitrogen functional groups attached to an aromatic ring is 2. The summed E-state index contributed by atoms with van der Waals surface area (Å²) >= 11 is 0. The molecule has 0 unspecified atom stereocenters. The minimum Gasteiger partial charge on any atom is -0.397 e. The summed E-state index contributed by atoms with van der Waals surface area (Å²) in [6, 6.07) is 14.5. The summed E-state index contributed by atoms with van der Waals surface area (Å²) in [5.41, 5.74) is 18.7. The van der Waals surface area contributed by atoms with Gasteiger partial charge in [0.05, 0.1) is 11.4 Å². The van der Waals surface area contributed by atoms with Gasteiger partial charge < -0.3 is 17.2 Å². The third kappa shape index (κ3) is 3.83. The van der Waals surface area contributed by atoms with Crippen LogP contribution < -0.4 is 17.2 Å². The number of aryl methyl sites for hydroxylation is 1. The number of nitrogens with two attached hydrogens (primary N) is 3. The lowest BCUT2D eigenvalue weighted by Crippen LogP contribution is -2.12. The van der Waals surface area contributed by atoms with E-state index in [0.717, 1.165) is 5.56 Å². The molecule has 2 rings (SSSR count). The highest BCUT2D eigenvalue weighted by molar-refractivity contribution is 5.94. The van der Waals surface area contributed by atoms with Gasteiger partial charge in [0.15, 0.2) is 0 Å². The van der Waals surface area contributed by atoms with E-state index in [0.29, 0.717) is 16.9 Å². The van der Waals surface area contributed by atoms with Crippen LogP contribution in [0.25, 0.3) is 0 Å². The summed E-state index contributed by atoms with van der Waals surface area (Å²) in [5, 5.41) is 0. The van der Waals surface area contributed by atoms with Crippen molar-refractivity contribution in [2.24, 2.45) is 5.73 Å². The Morgan fingerprint density at radius 1 is 0.889 bits per heavy atom. The normalized spacial score (nSPS) is 9.17. The molecule has 2 aromatic rings. The smallest absolute Gasteiger partial charge is 0.248 e. The van der Waals surface area contributed by atoms with Gasteiger partial charge in [-0.15, -0.1) is 0 Å². The maximum absolute atomic E-state index is 10.6. The van der Waals surface area contributed by atoms with Crippen LogP contribution in [0, 0.1) is 6.92 Å². The van der Waals surface area contributed by atoms with Gasteiger partial charge in [-0.3, -0.25) is 4.79 Å². The van der Waals surface area contributed by atoms with E-state index in [1.807, 2.05) is 31.2 Å². The number of carbonyl (C=O) groups is 1. The van der Waals surface area contributed by atoms with Crippen LogP contribution in [0.3, 0.4) is 0 Å². The number of hydrogen-bond donors (Lipinski definition) is 3. The molecule has 6 N–H and O–H groups in total. The van der Waals surface area contributed by atoms with E-state index >= 15 is 0 Å². The zero-order valence-corrected chi connectivity index (χ0v) is 10.3. The van der Waals surface area contributed by atoms with E-state index in [1.165, 1.54) is 0 Å². The van der Waals surface area contributed by atoms with Gasteiger partial charge in [-0.2, -0.15) is 0 Å². The second-order valence-corrected chi connectivity index (χ2v) is 3.81. The molecule has 0 saturated heterocycles. The third-order valence-corrected chi connectivity index (χ3v) is 2.41. The number of carbonyl (C=O) groups excluding carboxylic acids is 1. The summed E-state index contributed by atoms with van der Waals surface area (Å²) in [6.45, 7) is 1.86. The van der Waals surface area contributed by atoms with Crippen molar-refractivity contribution in [2.45, 2.75) is 6.92 Å². The Balaban J connectivity index is 0.000000184. The Morgan fingerprint density at radius 2 is 1.33 bits per heavy atom. The molecule has 0 saturated carbocycles. The first-order valence-electron chi connectivity index (χ1n) is 5.47. The number of rotatable bonds is 1. The predicted octanol–water partition coefficient (Wildman–Crippen LogP) is 1.94. The second kappa shape index (κ2) is 6.30. The molecule has 2 aromatic carbocycles. The van der Waals surface area contributed by atoms with Gasteiger partial charge in [0.2, 0.25) is 5.91 Å². The monoisotopic (exact) mass is 243 g/mol. The first-order chi connectivity index (χ1) is 8.52. The van der Waals surface area contributed by atoms with Crippen molar-refractivity contribution in [2.75, 3.05) is 11.5 Å². The SMILES string of the molecule is Cc1ccccc1C(N)=O.Nc1ccccc1N. The van der Waals surface area contributed by atoms with Gasteiger partial charge in [0.25, 0.3) is 0 Å². The Hall–Kier alpha value is -2.49. The van der Waals surface area contributed by atoms with Crippen molar-refractivity contribution in [1.82, 2.24) is 0 Å². The summed E-state index contributed by atoms with van der Waals surface area (Å²) in [4.78, 5) is 10.6. The fraction of sp³-hybridized carbons (Fsp3) is 0.0714. The molecule has 0 fully saturated rings.